The van der Waals surface area contributed by atoms with Crippen molar-refractivity contribution in [1.29, 1.82) is 0 Å². The van der Waals surface area contributed by atoms with Crippen molar-refractivity contribution >= 4 is 23.2 Å². The zero-order valence-electron chi connectivity index (χ0n) is 17.7. The molecule has 0 aliphatic heterocycles. The number of benzene rings is 2. The Kier molecular flexibility index (Phi) is 7.35. The Morgan fingerprint density at radius 3 is 2.21 bits per heavy atom. The van der Waals surface area contributed by atoms with Crippen molar-refractivity contribution in [3.63, 3.8) is 0 Å². The summed E-state index contributed by atoms with van der Waals surface area (Å²) in [6, 6.07) is 13.2. The van der Waals surface area contributed by atoms with Gasteiger partial charge in [-0.15, -0.1) is 0 Å². The number of amides is 2. The van der Waals surface area contributed by atoms with Crippen LogP contribution in [0.25, 0.3) is 0 Å². The van der Waals surface area contributed by atoms with E-state index in [1.807, 2.05) is 56.3 Å². The number of anilines is 2. The van der Waals surface area contributed by atoms with Gasteiger partial charge in [0.25, 0.3) is 0 Å². The van der Waals surface area contributed by atoms with Gasteiger partial charge < -0.3 is 10.6 Å². The highest BCUT2D eigenvalue weighted by Crippen LogP contribution is 2.19. The third-order valence-electron chi connectivity index (χ3n) is 5.16. The van der Waals surface area contributed by atoms with Crippen LogP contribution in [-0.2, 0) is 9.59 Å². The molecule has 0 heterocycles. The van der Waals surface area contributed by atoms with Crippen molar-refractivity contribution in [3.05, 3.63) is 59.2 Å². The van der Waals surface area contributed by atoms with Gasteiger partial charge in [-0.05, 0) is 68.6 Å². The molecule has 150 valence electrons. The van der Waals surface area contributed by atoms with Crippen LogP contribution in [0.1, 0.15) is 43.4 Å². The van der Waals surface area contributed by atoms with Crippen LogP contribution in [0.4, 0.5) is 11.4 Å². The number of nitrogens with one attached hydrogen (secondary N) is 2. The molecule has 0 aromatic heterocycles. The first kappa shape index (κ1) is 21.6. The molecule has 2 amide bonds. The lowest BCUT2D eigenvalue weighted by atomic mass is 10.0. The lowest BCUT2D eigenvalue weighted by molar-refractivity contribution is -0.122. The zero-order valence-corrected chi connectivity index (χ0v) is 17.7. The Morgan fingerprint density at radius 1 is 0.964 bits per heavy atom. The van der Waals surface area contributed by atoms with Crippen molar-refractivity contribution in [2.75, 3.05) is 24.2 Å². The minimum absolute atomic E-state index is 0.133. The Bertz CT molecular complexity index is 828. The fourth-order valence-electron chi connectivity index (χ4n) is 2.84. The van der Waals surface area contributed by atoms with Gasteiger partial charge in [0.1, 0.15) is 0 Å². The molecule has 0 unspecified atom stereocenters. The summed E-state index contributed by atoms with van der Waals surface area (Å²) < 4.78 is 0. The average molecular weight is 382 g/mol. The van der Waals surface area contributed by atoms with Crippen molar-refractivity contribution < 1.29 is 9.59 Å². The van der Waals surface area contributed by atoms with Crippen LogP contribution in [0.2, 0.25) is 0 Å². The van der Waals surface area contributed by atoms with Crippen LogP contribution in [0.15, 0.2) is 42.5 Å². The molecule has 5 heteroatoms. The first-order valence-electron chi connectivity index (χ1n) is 9.66. The van der Waals surface area contributed by atoms with E-state index in [-0.39, 0.29) is 18.4 Å². The van der Waals surface area contributed by atoms with Crippen molar-refractivity contribution in [1.82, 2.24) is 4.90 Å². The Morgan fingerprint density at radius 2 is 1.61 bits per heavy atom. The average Bonchev–Trinajstić information content (AvgIpc) is 2.65. The summed E-state index contributed by atoms with van der Waals surface area (Å²) in [5.41, 5.74) is 4.97. The maximum atomic E-state index is 12.5. The predicted octanol–water partition coefficient (Wildman–Crippen LogP) is 4.32. The second kappa shape index (κ2) is 9.51. The highest BCUT2D eigenvalue weighted by Gasteiger charge is 2.20. The first-order chi connectivity index (χ1) is 13.2. The van der Waals surface area contributed by atoms with Gasteiger partial charge in [0, 0.05) is 11.4 Å². The molecule has 0 saturated heterocycles. The van der Waals surface area contributed by atoms with E-state index < -0.39 is 6.04 Å². The third-order valence-corrected chi connectivity index (χ3v) is 5.16. The maximum absolute atomic E-state index is 12.5. The molecule has 2 aromatic carbocycles. The van der Waals surface area contributed by atoms with E-state index in [4.69, 9.17) is 0 Å². The Labute approximate surface area is 168 Å². The molecule has 2 N–H and O–H groups in total. The summed E-state index contributed by atoms with van der Waals surface area (Å²) >= 11 is 0. The van der Waals surface area contributed by atoms with Crippen LogP contribution < -0.4 is 10.6 Å². The molecule has 1 atom stereocenters. The predicted molar refractivity (Wildman–Crippen MR) is 116 cm³/mol. The number of carbonyl (C=O) groups is 2. The number of carbonyl (C=O) groups excluding carboxylic acids is 2. The van der Waals surface area contributed by atoms with E-state index in [1.54, 1.807) is 18.9 Å². The van der Waals surface area contributed by atoms with Crippen molar-refractivity contribution in [2.45, 2.75) is 46.6 Å². The lowest BCUT2D eigenvalue weighted by Gasteiger charge is -2.23. The largest absolute Gasteiger partial charge is 0.325 e. The van der Waals surface area contributed by atoms with Gasteiger partial charge in [-0.2, -0.15) is 0 Å². The Balaban J connectivity index is 1.91. The van der Waals surface area contributed by atoms with Crippen LogP contribution in [0, 0.1) is 13.8 Å². The fourth-order valence-corrected chi connectivity index (χ4v) is 2.84. The molecule has 0 radical (unpaired) electrons. The van der Waals surface area contributed by atoms with Crippen LogP contribution >= 0.6 is 0 Å². The number of aryl methyl sites for hydroxylation is 1. The molecule has 28 heavy (non-hydrogen) atoms. The normalized spacial score (nSPS) is 12.1. The summed E-state index contributed by atoms with van der Waals surface area (Å²) in [6.45, 7) is 10.2. The molecule has 0 saturated carbocycles. The summed E-state index contributed by atoms with van der Waals surface area (Å²) in [4.78, 5) is 26.6. The van der Waals surface area contributed by atoms with Crippen molar-refractivity contribution in [3.8, 4) is 0 Å². The molecule has 2 rings (SSSR count). The molecule has 5 nitrogen and oxygen atoms in total. The topological polar surface area (TPSA) is 61.4 Å². The SMILES string of the molecule is Cc1cccc(NC(=O)CN(C)[C@H](C)C(=O)Nc2ccc(C(C)C)cc2)c1C. The second-order valence-electron chi connectivity index (χ2n) is 7.65. The third kappa shape index (κ3) is 5.67. The highest BCUT2D eigenvalue weighted by atomic mass is 16.2. The number of likely N-dealkylation sites (N-methyl/N-ethyl adjacent to an activating group) is 1. The van der Waals surface area contributed by atoms with Gasteiger partial charge in [-0.1, -0.05) is 38.1 Å². The van der Waals surface area contributed by atoms with Gasteiger partial charge in [0.05, 0.1) is 12.6 Å². The molecule has 0 spiro atoms. The summed E-state index contributed by atoms with van der Waals surface area (Å²) in [5, 5.41) is 5.85. The number of hydrogen-bond donors (Lipinski definition) is 2. The van der Waals surface area contributed by atoms with E-state index in [9.17, 15) is 9.59 Å². The van der Waals surface area contributed by atoms with Crippen LogP contribution in [0.3, 0.4) is 0 Å². The molecule has 0 aliphatic carbocycles. The summed E-state index contributed by atoms with van der Waals surface area (Å²) in [7, 11) is 1.77. The smallest absolute Gasteiger partial charge is 0.241 e. The maximum Gasteiger partial charge on any atom is 0.241 e. The summed E-state index contributed by atoms with van der Waals surface area (Å²) in [6.07, 6.45) is 0. The quantitative estimate of drug-likeness (QED) is 0.751. The van der Waals surface area contributed by atoms with Gasteiger partial charge in [-0.25, -0.2) is 0 Å². The van der Waals surface area contributed by atoms with Gasteiger partial charge >= 0.3 is 0 Å². The molecule has 2 aromatic rings. The molecule has 0 fully saturated rings. The lowest BCUT2D eigenvalue weighted by Crippen LogP contribution is -2.43. The van der Waals surface area contributed by atoms with E-state index in [0.717, 1.165) is 22.5 Å². The van der Waals surface area contributed by atoms with Crippen molar-refractivity contribution in [2.24, 2.45) is 0 Å². The molecular weight excluding hydrogens is 350 g/mol. The van der Waals surface area contributed by atoms with Gasteiger partial charge in [0.15, 0.2) is 0 Å². The van der Waals surface area contributed by atoms with Gasteiger partial charge in [0.2, 0.25) is 11.8 Å². The molecule has 0 aliphatic rings. The highest BCUT2D eigenvalue weighted by molar-refractivity contribution is 5.96. The molecular formula is C23H31N3O2. The van der Waals surface area contributed by atoms with Crippen LogP contribution in [0.5, 0.6) is 0 Å². The number of rotatable bonds is 7. The minimum Gasteiger partial charge on any atom is -0.325 e. The standard InChI is InChI=1S/C23H31N3O2/c1-15(2)19-10-12-20(13-11-19)24-23(28)18(5)26(6)14-22(27)25-21-9-7-8-16(3)17(21)4/h7-13,15,18H,14H2,1-6H3,(H,24,28)(H,25,27)/t18-/m1/s1. The zero-order chi connectivity index (χ0) is 20.8. The number of nitrogens with zero attached hydrogens (tertiary/aromatic N) is 1. The van der Waals surface area contributed by atoms with Gasteiger partial charge in [-0.3, -0.25) is 14.5 Å². The van der Waals surface area contributed by atoms with E-state index in [1.165, 1.54) is 5.56 Å². The number of hydrogen-bond acceptors (Lipinski definition) is 3. The van der Waals surface area contributed by atoms with E-state index >= 15 is 0 Å². The van der Waals surface area contributed by atoms with E-state index in [2.05, 4.69) is 24.5 Å². The second-order valence-corrected chi connectivity index (χ2v) is 7.65. The Hall–Kier alpha value is -2.66. The van der Waals surface area contributed by atoms with Crippen LogP contribution in [-0.4, -0.2) is 36.3 Å². The minimum atomic E-state index is -0.436. The van der Waals surface area contributed by atoms with E-state index in [0.29, 0.717) is 5.92 Å². The fraction of sp³-hybridized carbons (Fsp3) is 0.391. The molecule has 0 bridgehead atoms. The summed E-state index contributed by atoms with van der Waals surface area (Å²) in [5.74, 6) is 0.168. The first-order valence-corrected chi connectivity index (χ1v) is 9.66. The monoisotopic (exact) mass is 381 g/mol.